The van der Waals surface area contributed by atoms with Crippen LogP contribution in [0.3, 0.4) is 0 Å². The highest BCUT2D eigenvalue weighted by Crippen LogP contribution is 2.22. The number of piperidine rings is 1. The van der Waals surface area contributed by atoms with E-state index in [2.05, 4.69) is 19.9 Å². The summed E-state index contributed by atoms with van der Waals surface area (Å²) < 4.78 is 0. The first-order chi connectivity index (χ1) is 11.8. The summed E-state index contributed by atoms with van der Waals surface area (Å²) in [6, 6.07) is 9.73. The van der Waals surface area contributed by atoms with Crippen molar-refractivity contribution in [2.24, 2.45) is 11.7 Å². The van der Waals surface area contributed by atoms with Crippen LogP contribution in [0.5, 0.6) is 0 Å². The fourth-order valence-corrected chi connectivity index (χ4v) is 3.09. The fraction of sp³-hybridized carbons (Fsp3) is 0.333. The van der Waals surface area contributed by atoms with Gasteiger partial charge in [0.05, 0.1) is 22.9 Å². The van der Waals surface area contributed by atoms with E-state index in [9.17, 15) is 0 Å². The zero-order valence-corrected chi connectivity index (χ0v) is 13.5. The first-order valence-electron chi connectivity index (χ1n) is 8.34. The van der Waals surface area contributed by atoms with Gasteiger partial charge in [0.1, 0.15) is 5.69 Å². The van der Waals surface area contributed by atoms with Crippen LogP contribution in [-0.4, -0.2) is 39.6 Å². The summed E-state index contributed by atoms with van der Waals surface area (Å²) in [5.74, 6) is 1.38. The second-order valence-corrected chi connectivity index (χ2v) is 6.15. The van der Waals surface area contributed by atoms with Gasteiger partial charge in [0, 0.05) is 19.3 Å². The molecule has 1 fully saturated rings. The second-order valence-electron chi connectivity index (χ2n) is 6.15. The molecule has 2 N–H and O–H groups in total. The van der Waals surface area contributed by atoms with Crippen molar-refractivity contribution in [3.63, 3.8) is 0 Å². The Morgan fingerprint density at radius 2 is 1.75 bits per heavy atom. The Labute approximate surface area is 140 Å². The summed E-state index contributed by atoms with van der Waals surface area (Å²) in [5.41, 5.74) is 9.11. The predicted octanol–water partition coefficient (Wildman–Crippen LogP) is 2.26. The minimum atomic E-state index is 0.621. The van der Waals surface area contributed by atoms with Gasteiger partial charge >= 0.3 is 0 Å². The Balaban J connectivity index is 1.62. The standard InChI is InChI=1S/C18H20N6/c19-11-13-6-9-24(10-7-13)18-20-8-5-16(23-18)17-12-21-14-3-1-2-4-15(14)22-17/h1-5,8,12-13H,6-7,9-11,19H2. The molecule has 0 atom stereocenters. The molecule has 1 aromatic carbocycles. The Hall–Kier alpha value is -2.60. The maximum Gasteiger partial charge on any atom is 0.225 e. The van der Waals surface area contributed by atoms with Crippen LogP contribution >= 0.6 is 0 Å². The molecule has 4 rings (SSSR count). The highest BCUT2D eigenvalue weighted by atomic mass is 15.3. The Bertz CT molecular complexity index is 842. The SMILES string of the molecule is NCC1CCN(c2nccc(-c3cnc4ccccc4n3)n2)CC1. The van der Waals surface area contributed by atoms with Crippen molar-refractivity contribution in [2.45, 2.75) is 12.8 Å². The third-order valence-electron chi connectivity index (χ3n) is 4.58. The molecule has 2 aromatic heterocycles. The monoisotopic (exact) mass is 320 g/mol. The van der Waals surface area contributed by atoms with Crippen molar-refractivity contribution in [1.82, 2.24) is 19.9 Å². The van der Waals surface area contributed by atoms with Crippen molar-refractivity contribution in [3.05, 3.63) is 42.7 Å². The zero-order chi connectivity index (χ0) is 16.4. The molecule has 0 spiro atoms. The zero-order valence-electron chi connectivity index (χ0n) is 13.5. The van der Waals surface area contributed by atoms with Crippen LogP contribution in [0.1, 0.15) is 12.8 Å². The second kappa shape index (κ2) is 6.49. The van der Waals surface area contributed by atoms with Gasteiger partial charge in [-0.3, -0.25) is 4.98 Å². The number of fused-ring (bicyclic) bond motifs is 1. The quantitative estimate of drug-likeness (QED) is 0.797. The molecule has 3 aromatic rings. The summed E-state index contributed by atoms with van der Waals surface area (Å²) in [7, 11) is 0. The van der Waals surface area contributed by atoms with Gasteiger partial charge in [-0.15, -0.1) is 0 Å². The summed E-state index contributed by atoms with van der Waals surface area (Å²) in [4.78, 5) is 20.5. The number of aromatic nitrogens is 4. The first kappa shape index (κ1) is 15.0. The molecule has 0 unspecified atom stereocenters. The number of nitrogens with zero attached hydrogens (tertiary/aromatic N) is 5. The van der Waals surface area contributed by atoms with E-state index < -0.39 is 0 Å². The van der Waals surface area contributed by atoms with Gasteiger partial charge < -0.3 is 10.6 Å². The highest BCUT2D eigenvalue weighted by molar-refractivity contribution is 5.76. The van der Waals surface area contributed by atoms with Crippen molar-refractivity contribution in [3.8, 4) is 11.4 Å². The van der Waals surface area contributed by atoms with Crippen LogP contribution < -0.4 is 10.6 Å². The molecule has 1 aliphatic rings. The maximum atomic E-state index is 5.77. The number of anilines is 1. The third-order valence-corrected chi connectivity index (χ3v) is 4.58. The van der Waals surface area contributed by atoms with Crippen LogP contribution in [0.4, 0.5) is 5.95 Å². The molecule has 24 heavy (non-hydrogen) atoms. The van der Waals surface area contributed by atoms with E-state index >= 15 is 0 Å². The molecule has 0 radical (unpaired) electrons. The number of para-hydroxylation sites is 2. The summed E-state index contributed by atoms with van der Waals surface area (Å²) in [6.07, 6.45) is 5.76. The number of hydrogen-bond acceptors (Lipinski definition) is 6. The van der Waals surface area contributed by atoms with Crippen LogP contribution in [0.2, 0.25) is 0 Å². The molecule has 1 aliphatic heterocycles. The average Bonchev–Trinajstić information content (AvgIpc) is 2.68. The van der Waals surface area contributed by atoms with Crippen molar-refractivity contribution < 1.29 is 0 Å². The predicted molar refractivity (Wildman–Crippen MR) is 94.6 cm³/mol. The Kier molecular flexibility index (Phi) is 4.04. The molecule has 0 bridgehead atoms. The molecular weight excluding hydrogens is 300 g/mol. The van der Waals surface area contributed by atoms with Gasteiger partial charge in [-0.1, -0.05) is 12.1 Å². The van der Waals surface area contributed by atoms with Crippen molar-refractivity contribution in [1.29, 1.82) is 0 Å². The van der Waals surface area contributed by atoms with Gasteiger partial charge in [0.25, 0.3) is 0 Å². The maximum absolute atomic E-state index is 5.77. The molecule has 122 valence electrons. The van der Waals surface area contributed by atoms with E-state index in [-0.39, 0.29) is 0 Å². The van der Waals surface area contributed by atoms with E-state index in [4.69, 9.17) is 10.7 Å². The van der Waals surface area contributed by atoms with Gasteiger partial charge in [-0.25, -0.2) is 15.0 Å². The lowest BCUT2D eigenvalue weighted by Crippen LogP contribution is -2.37. The molecule has 1 saturated heterocycles. The lowest BCUT2D eigenvalue weighted by Gasteiger charge is -2.31. The van der Waals surface area contributed by atoms with Crippen LogP contribution in [0, 0.1) is 5.92 Å². The van der Waals surface area contributed by atoms with E-state index in [0.717, 1.165) is 60.8 Å². The molecule has 0 saturated carbocycles. The van der Waals surface area contributed by atoms with Crippen LogP contribution in [0.25, 0.3) is 22.4 Å². The fourth-order valence-electron chi connectivity index (χ4n) is 3.09. The molecule has 6 nitrogen and oxygen atoms in total. The normalized spacial score (nSPS) is 15.8. The van der Waals surface area contributed by atoms with Gasteiger partial charge in [-0.2, -0.15) is 0 Å². The van der Waals surface area contributed by atoms with Crippen molar-refractivity contribution in [2.75, 3.05) is 24.5 Å². The third kappa shape index (κ3) is 2.92. The molecular formula is C18H20N6. The van der Waals surface area contributed by atoms with Gasteiger partial charge in [-0.05, 0) is 43.5 Å². The van der Waals surface area contributed by atoms with Crippen LogP contribution in [-0.2, 0) is 0 Å². The topological polar surface area (TPSA) is 80.8 Å². The number of nitrogens with two attached hydrogens (primary N) is 1. The minimum Gasteiger partial charge on any atom is -0.341 e. The summed E-state index contributed by atoms with van der Waals surface area (Å²) >= 11 is 0. The molecule has 3 heterocycles. The number of rotatable bonds is 3. The average molecular weight is 320 g/mol. The van der Waals surface area contributed by atoms with Crippen LogP contribution in [0.15, 0.2) is 42.7 Å². The van der Waals surface area contributed by atoms with E-state index in [0.29, 0.717) is 5.92 Å². The lowest BCUT2D eigenvalue weighted by molar-refractivity contribution is 0.411. The van der Waals surface area contributed by atoms with E-state index in [1.807, 2.05) is 30.3 Å². The lowest BCUT2D eigenvalue weighted by atomic mass is 9.97. The summed E-state index contributed by atoms with van der Waals surface area (Å²) in [6.45, 7) is 2.67. The number of benzene rings is 1. The Morgan fingerprint density at radius 3 is 2.54 bits per heavy atom. The minimum absolute atomic E-state index is 0.621. The largest absolute Gasteiger partial charge is 0.341 e. The first-order valence-corrected chi connectivity index (χ1v) is 8.34. The van der Waals surface area contributed by atoms with E-state index in [1.54, 1.807) is 12.4 Å². The Morgan fingerprint density at radius 1 is 0.958 bits per heavy atom. The van der Waals surface area contributed by atoms with Gasteiger partial charge in [0.2, 0.25) is 5.95 Å². The van der Waals surface area contributed by atoms with E-state index in [1.165, 1.54) is 0 Å². The summed E-state index contributed by atoms with van der Waals surface area (Å²) in [5, 5.41) is 0. The van der Waals surface area contributed by atoms with Gasteiger partial charge in [0.15, 0.2) is 0 Å². The highest BCUT2D eigenvalue weighted by Gasteiger charge is 2.20. The molecule has 0 aliphatic carbocycles. The molecule has 6 heteroatoms. The smallest absolute Gasteiger partial charge is 0.225 e. The van der Waals surface area contributed by atoms with Crippen molar-refractivity contribution >= 4 is 17.0 Å². The number of hydrogen-bond donors (Lipinski definition) is 1. The molecule has 0 amide bonds.